The van der Waals surface area contributed by atoms with Crippen molar-refractivity contribution in [3.8, 4) is 22.8 Å². The summed E-state index contributed by atoms with van der Waals surface area (Å²) >= 11 is 5.91. The van der Waals surface area contributed by atoms with Crippen molar-refractivity contribution in [3.63, 3.8) is 0 Å². The first-order valence-electron chi connectivity index (χ1n) is 8.16. The first-order chi connectivity index (χ1) is 12.5. The fraction of sp³-hybridized carbons (Fsp3) is 0.211. The van der Waals surface area contributed by atoms with E-state index < -0.39 is 0 Å². The summed E-state index contributed by atoms with van der Waals surface area (Å²) in [4.78, 5) is 18.9. The highest BCUT2D eigenvalue weighted by atomic mass is 35.5. The van der Waals surface area contributed by atoms with Crippen molar-refractivity contribution in [2.24, 2.45) is 0 Å². The molecule has 134 valence electrons. The number of amides is 1. The van der Waals surface area contributed by atoms with Gasteiger partial charge in [0.2, 0.25) is 5.82 Å². The molecular formula is C19H19ClN4O2. The van der Waals surface area contributed by atoms with Crippen molar-refractivity contribution >= 4 is 17.5 Å². The lowest BCUT2D eigenvalue weighted by molar-refractivity contribution is 0.0951. The van der Waals surface area contributed by atoms with Crippen LogP contribution in [-0.2, 0) is 0 Å². The van der Waals surface area contributed by atoms with Crippen LogP contribution in [0.2, 0.25) is 5.02 Å². The van der Waals surface area contributed by atoms with Crippen LogP contribution in [0.1, 0.15) is 10.4 Å². The Morgan fingerprint density at radius 2 is 1.88 bits per heavy atom. The summed E-state index contributed by atoms with van der Waals surface area (Å²) < 4.78 is 5.39. The maximum Gasteiger partial charge on any atom is 0.259 e. The van der Waals surface area contributed by atoms with E-state index in [2.05, 4.69) is 15.5 Å². The van der Waals surface area contributed by atoms with E-state index in [4.69, 9.17) is 16.1 Å². The summed E-state index contributed by atoms with van der Waals surface area (Å²) in [5.74, 6) is 0.571. The van der Waals surface area contributed by atoms with Gasteiger partial charge in [-0.3, -0.25) is 4.79 Å². The van der Waals surface area contributed by atoms with Gasteiger partial charge < -0.3 is 14.7 Å². The second kappa shape index (κ2) is 8.12. The first-order valence-corrected chi connectivity index (χ1v) is 8.54. The van der Waals surface area contributed by atoms with Gasteiger partial charge in [0.05, 0.1) is 11.1 Å². The standard InChI is InChI=1S/C19H19ClN4O2/c1-24(2)12-11-21-18(25)15-5-3-4-6-16(15)19-22-17(23-26-19)13-7-9-14(20)10-8-13/h3-10H,11-12H2,1-2H3,(H,21,25). The molecule has 0 radical (unpaired) electrons. The maximum atomic E-state index is 12.5. The number of hydrogen-bond acceptors (Lipinski definition) is 5. The van der Waals surface area contributed by atoms with Crippen LogP contribution in [0.5, 0.6) is 0 Å². The summed E-state index contributed by atoms with van der Waals surface area (Å²) in [6.45, 7) is 1.31. The molecule has 1 N–H and O–H groups in total. The third kappa shape index (κ3) is 4.28. The van der Waals surface area contributed by atoms with Crippen LogP contribution in [0, 0.1) is 0 Å². The van der Waals surface area contributed by atoms with Crippen molar-refractivity contribution in [3.05, 3.63) is 59.1 Å². The molecule has 1 amide bonds. The Labute approximate surface area is 156 Å². The van der Waals surface area contributed by atoms with Crippen LogP contribution in [-0.4, -0.2) is 48.1 Å². The molecule has 7 heteroatoms. The largest absolute Gasteiger partial charge is 0.351 e. The van der Waals surface area contributed by atoms with Crippen molar-refractivity contribution in [2.75, 3.05) is 27.2 Å². The zero-order valence-corrected chi connectivity index (χ0v) is 15.3. The van der Waals surface area contributed by atoms with Gasteiger partial charge in [-0.1, -0.05) is 28.9 Å². The lowest BCUT2D eigenvalue weighted by atomic mass is 10.1. The fourth-order valence-electron chi connectivity index (χ4n) is 2.40. The fourth-order valence-corrected chi connectivity index (χ4v) is 2.53. The average Bonchev–Trinajstić information content (AvgIpc) is 3.12. The molecule has 0 bridgehead atoms. The Balaban J connectivity index is 1.84. The van der Waals surface area contributed by atoms with Gasteiger partial charge in [-0.05, 0) is 50.5 Å². The van der Waals surface area contributed by atoms with Crippen molar-refractivity contribution in [1.29, 1.82) is 0 Å². The summed E-state index contributed by atoms with van der Waals surface area (Å²) in [5.41, 5.74) is 1.89. The van der Waals surface area contributed by atoms with Crippen molar-refractivity contribution in [2.45, 2.75) is 0 Å². The Bertz CT molecular complexity index is 891. The van der Waals surface area contributed by atoms with E-state index in [1.54, 1.807) is 30.3 Å². The van der Waals surface area contributed by atoms with Crippen molar-refractivity contribution < 1.29 is 9.32 Å². The van der Waals surface area contributed by atoms with Gasteiger partial charge in [0.1, 0.15) is 0 Å². The van der Waals surface area contributed by atoms with E-state index in [0.29, 0.717) is 34.4 Å². The van der Waals surface area contributed by atoms with Gasteiger partial charge in [0.25, 0.3) is 11.8 Å². The summed E-state index contributed by atoms with van der Waals surface area (Å²) in [5, 5.41) is 7.55. The molecule has 0 aliphatic carbocycles. The molecule has 6 nitrogen and oxygen atoms in total. The minimum Gasteiger partial charge on any atom is -0.351 e. The zero-order chi connectivity index (χ0) is 18.5. The van der Waals surface area contributed by atoms with E-state index in [-0.39, 0.29) is 5.91 Å². The number of benzene rings is 2. The molecule has 2 aromatic carbocycles. The Morgan fingerprint density at radius 3 is 2.62 bits per heavy atom. The van der Waals surface area contributed by atoms with Crippen LogP contribution in [0.3, 0.4) is 0 Å². The normalized spacial score (nSPS) is 10.9. The molecule has 3 aromatic rings. The smallest absolute Gasteiger partial charge is 0.259 e. The van der Waals surface area contributed by atoms with Crippen LogP contribution in [0.4, 0.5) is 0 Å². The molecule has 0 fully saturated rings. The molecule has 0 saturated carbocycles. The number of hydrogen-bond donors (Lipinski definition) is 1. The maximum absolute atomic E-state index is 12.5. The number of aromatic nitrogens is 2. The lowest BCUT2D eigenvalue weighted by Crippen LogP contribution is -2.31. The van der Waals surface area contributed by atoms with Gasteiger partial charge in [0.15, 0.2) is 0 Å². The highest BCUT2D eigenvalue weighted by Gasteiger charge is 2.17. The number of carbonyl (C=O) groups is 1. The molecule has 0 unspecified atom stereocenters. The van der Waals surface area contributed by atoms with E-state index >= 15 is 0 Å². The van der Waals surface area contributed by atoms with Crippen LogP contribution in [0.15, 0.2) is 53.1 Å². The van der Waals surface area contributed by atoms with E-state index in [1.807, 2.05) is 37.2 Å². The number of nitrogens with zero attached hydrogens (tertiary/aromatic N) is 3. The highest BCUT2D eigenvalue weighted by molar-refractivity contribution is 6.30. The second-order valence-electron chi connectivity index (χ2n) is 6.03. The molecule has 26 heavy (non-hydrogen) atoms. The minimum absolute atomic E-state index is 0.173. The molecule has 0 spiro atoms. The molecular weight excluding hydrogens is 352 g/mol. The number of carbonyl (C=O) groups excluding carboxylic acids is 1. The molecule has 0 atom stereocenters. The van der Waals surface area contributed by atoms with Crippen LogP contribution >= 0.6 is 11.6 Å². The second-order valence-corrected chi connectivity index (χ2v) is 6.47. The van der Waals surface area contributed by atoms with Gasteiger partial charge in [-0.25, -0.2) is 0 Å². The Kier molecular flexibility index (Phi) is 5.65. The van der Waals surface area contributed by atoms with Gasteiger partial charge >= 0.3 is 0 Å². The van der Waals surface area contributed by atoms with E-state index in [1.165, 1.54) is 0 Å². The molecule has 3 rings (SSSR count). The van der Waals surface area contributed by atoms with Crippen LogP contribution < -0.4 is 5.32 Å². The topological polar surface area (TPSA) is 71.3 Å². The first kappa shape index (κ1) is 18.1. The number of halogens is 1. The zero-order valence-electron chi connectivity index (χ0n) is 14.6. The third-order valence-corrected chi connectivity index (χ3v) is 4.03. The summed E-state index contributed by atoms with van der Waals surface area (Å²) in [6, 6.07) is 14.3. The van der Waals surface area contributed by atoms with E-state index in [0.717, 1.165) is 12.1 Å². The van der Waals surface area contributed by atoms with Crippen molar-refractivity contribution in [1.82, 2.24) is 20.4 Å². The average molecular weight is 371 g/mol. The SMILES string of the molecule is CN(C)CCNC(=O)c1ccccc1-c1nc(-c2ccc(Cl)cc2)no1. The number of nitrogens with one attached hydrogen (secondary N) is 1. The lowest BCUT2D eigenvalue weighted by Gasteiger charge is -2.11. The summed E-state index contributed by atoms with van der Waals surface area (Å²) in [6.07, 6.45) is 0. The van der Waals surface area contributed by atoms with Gasteiger partial charge in [0, 0.05) is 23.7 Å². The minimum atomic E-state index is -0.173. The quantitative estimate of drug-likeness (QED) is 0.720. The highest BCUT2D eigenvalue weighted by Crippen LogP contribution is 2.25. The molecule has 1 aromatic heterocycles. The predicted molar refractivity (Wildman–Crippen MR) is 101 cm³/mol. The number of rotatable bonds is 6. The molecule has 1 heterocycles. The Hall–Kier alpha value is -2.70. The van der Waals surface area contributed by atoms with Crippen LogP contribution in [0.25, 0.3) is 22.8 Å². The monoisotopic (exact) mass is 370 g/mol. The number of likely N-dealkylation sites (N-methyl/N-ethyl adjacent to an activating group) is 1. The predicted octanol–water partition coefficient (Wildman–Crippen LogP) is 3.35. The Morgan fingerprint density at radius 1 is 1.15 bits per heavy atom. The molecule has 0 aliphatic rings. The van der Waals surface area contributed by atoms with Gasteiger partial charge in [-0.15, -0.1) is 0 Å². The van der Waals surface area contributed by atoms with Gasteiger partial charge in [-0.2, -0.15) is 4.98 Å². The molecule has 0 aliphatic heterocycles. The molecule has 0 saturated heterocycles. The van der Waals surface area contributed by atoms with E-state index in [9.17, 15) is 4.79 Å². The summed E-state index contributed by atoms with van der Waals surface area (Å²) in [7, 11) is 3.91. The third-order valence-electron chi connectivity index (χ3n) is 3.78.